The topological polar surface area (TPSA) is 61.9 Å². The molecule has 128 valence electrons. The Morgan fingerprint density at radius 2 is 2.04 bits per heavy atom. The number of pyridine rings is 1. The highest BCUT2D eigenvalue weighted by molar-refractivity contribution is 6.30. The van der Waals surface area contributed by atoms with Gasteiger partial charge in [-0.2, -0.15) is 4.98 Å². The molecule has 1 N–H and O–H groups in total. The van der Waals surface area contributed by atoms with Gasteiger partial charge in [0, 0.05) is 24.3 Å². The van der Waals surface area contributed by atoms with Gasteiger partial charge in [-0.15, -0.1) is 0 Å². The molecule has 0 bridgehead atoms. The number of rotatable bonds is 2. The summed E-state index contributed by atoms with van der Waals surface area (Å²) in [4.78, 5) is 26.9. The second kappa shape index (κ2) is 6.48. The van der Waals surface area contributed by atoms with Crippen LogP contribution >= 0.6 is 11.6 Å². The molecule has 0 unspecified atom stereocenters. The Bertz CT molecular complexity index is 967. The zero-order chi connectivity index (χ0) is 17.4. The molecule has 1 saturated heterocycles. The maximum absolute atomic E-state index is 12.8. The minimum atomic E-state index is -0.156. The Morgan fingerprint density at radius 3 is 2.80 bits per heavy atom. The van der Waals surface area contributed by atoms with Crippen LogP contribution in [0.1, 0.15) is 19.8 Å². The molecule has 2 aromatic heterocycles. The third kappa shape index (κ3) is 3.12. The smallest absolute Gasteiger partial charge is 0.262 e. The van der Waals surface area contributed by atoms with Gasteiger partial charge in [0.25, 0.3) is 5.56 Å². The van der Waals surface area contributed by atoms with Gasteiger partial charge in [0.1, 0.15) is 0 Å². The highest BCUT2D eigenvalue weighted by Crippen LogP contribution is 2.27. The molecule has 1 fully saturated rings. The number of aromatic amines is 1. The highest BCUT2D eigenvalue weighted by Gasteiger charge is 2.20. The Labute approximate surface area is 150 Å². The van der Waals surface area contributed by atoms with Crippen LogP contribution in [0.5, 0.6) is 0 Å². The summed E-state index contributed by atoms with van der Waals surface area (Å²) >= 11 is 5.97. The van der Waals surface area contributed by atoms with Crippen molar-refractivity contribution in [1.29, 1.82) is 0 Å². The van der Waals surface area contributed by atoms with Crippen molar-refractivity contribution in [3.8, 4) is 11.1 Å². The molecule has 0 aliphatic carbocycles. The monoisotopic (exact) mass is 354 g/mol. The highest BCUT2D eigenvalue weighted by atomic mass is 35.5. The van der Waals surface area contributed by atoms with Crippen LogP contribution in [0, 0.1) is 5.92 Å². The number of fused-ring (bicyclic) bond motifs is 1. The number of benzene rings is 1. The minimum absolute atomic E-state index is 0.156. The Kier molecular flexibility index (Phi) is 4.17. The first-order chi connectivity index (χ1) is 12.1. The first-order valence-corrected chi connectivity index (χ1v) is 8.89. The third-order valence-electron chi connectivity index (χ3n) is 4.71. The number of piperidine rings is 1. The average Bonchev–Trinajstić information content (AvgIpc) is 2.62. The van der Waals surface area contributed by atoms with E-state index in [2.05, 4.69) is 26.8 Å². The van der Waals surface area contributed by atoms with Crippen molar-refractivity contribution in [2.45, 2.75) is 19.8 Å². The number of nitrogens with one attached hydrogen (secondary N) is 1. The van der Waals surface area contributed by atoms with E-state index >= 15 is 0 Å². The SMILES string of the molecule is C[C@@H]1CCCN(c2nc3nccc(-c4ccc(Cl)cc4)c3c(=O)[nH]2)C1. The molecule has 3 heterocycles. The van der Waals surface area contributed by atoms with Gasteiger partial charge in [0.2, 0.25) is 5.95 Å². The fraction of sp³-hybridized carbons (Fsp3) is 0.316. The van der Waals surface area contributed by atoms with E-state index in [0.29, 0.717) is 27.9 Å². The molecule has 1 atom stereocenters. The van der Waals surface area contributed by atoms with E-state index in [1.165, 1.54) is 6.42 Å². The van der Waals surface area contributed by atoms with E-state index in [1.54, 1.807) is 6.20 Å². The number of aromatic nitrogens is 3. The zero-order valence-corrected chi connectivity index (χ0v) is 14.8. The fourth-order valence-corrected chi connectivity index (χ4v) is 3.58. The lowest BCUT2D eigenvalue weighted by Gasteiger charge is -2.31. The van der Waals surface area contributed by atoms with E-state index in [-0.39, 0.29) is 5.56 Å². The van der Waals surface area contributed by atoms with Gasteiger partial charge in [0.05, 0.1) is 5.39 Å². The molecule has 1 aliphatic rings. The lowest BCUT2D eigenvalue weighted by molar-refractivity contribution is 0.442. The van der Waals surface area contributed by atoms with Gasteiger partial charge in [-0.05, 0) is 48.1 Å². The molecule has 4 rings (SSSR count). The van der Waals surface area contributed by atoms with Crippen molar-refractivity contribution < 1.29 is 0 Å². The molecule has 0 saturated carbocycles. The Morgan fingerprint density at radius 1 is 1.24 bits per heavy atom. The summed E-state index contributed by atoms with van der Waals surface area (Å²) in [6, 6.07) is 9.27. The Balaban J connectivity index is 1.83. The maximum Gasteiger partial charge on any atom is 0.262 e. The van der Waals surface area contributed by atoms with Crippen LogP contribution in [0.3, 0.4) is 0 Å². The van der Waals surface area contributed by atoms with Crippen molar-refractivity contribution in [3.05, 3.63) is 51.9 Å². The van der Waals surface area contributed by atoms with Gasteiger partial charge < -0.3 is 4.90 Å². The van der Waals surface area contributed by atoms with Gasteiger partial charge in [-0.3, -0.25) is 9.78 Å². The lowest BCUT2D eigenvalue weighted by atomic mass is 10.0. The van der Waals surface area contributed by atoms with Crippen LogP contribution in [0.25, 0.3) is 22.2 Å². The Hall–Kier alpha value is -2.40. The minimum Gasteiger partial charge on any atom is -0.342 e. The molecular weight excluding hydrogens is 336 g/mol. The van der Waals surface area contributed by atoms with Crippen molar-refractivity contribution in [3.63, 3.8) is 0 Å². The standard InChI is InChI=1S/C19H19ClN4O/c1-12-3-2-10-24(11-12)19-22-17-16(18(25)23-19)15(8-9-21-17)13-4-6-14(20)7-5-13/h4-9,12H,2-3,10-11H2,1H3,(H,21,22,23,25)/t12-/m1/s1. The first-order valence-electron chi connectivity index (χ1n) is 8.52. The van der Waals surface area contributed by atoms with E-state index in [1.807, 2.05) is 30.3 Å². The van der Waals surface area contributed by atoms with Crippen LogP contribution in [-0.4, -0.2) is 28.0 Å². The van der Waals surface area contributed by atoms with Crippen LogP contribution in [0.15, 0.2) is 41.3 Å². The summed E-state index contributed by atoms with van der Waals surface area (Å²) in [6.07, 6.45) is 4.02. The van der Waals surface area contributed by atoms with E-state index in [9.17, 15) is 4.79 Å². The molecule has 0 amide bonds. The molecule has 0 spiro atoms. The summed E-state index contributed by atoms with van der Waals surface area (Å²) < 4.78 is 0. The van der Waals surface area contributed by atoms with E-state index in [4.69, 9.17) is 11.6 Å². The number of halogens is 1. The quantitative estimate of drug-likeness (QED) is 0.758. The molecule has 25 heavy (non-hydrogen) atoms. The van der Waals surface area contributed by atoms with Crippen LogP contribution in [-0.2, 0) is 0 Å². The van der Waals surface area contributed by atoms with Gasteiger partial charge in [-0.1, -0.05) is 30.7 Å². The van der Waals surface area contributed by atoms with E-state index in [0.717, 1.165) is 30.6 Å². The second-order valence-electron chi connectivity index (χ2n) is 6.65. The molecule has 1 aliphatic heterocycles. The summed E-state index contributed by atoms with van der Waals surface area (Å²) in [5.74, 6) is 1.22. The average molecular weight is 355 g/mol. The van der Waals surface area contributed by atoms with Crippen molar-refractivity contribution in [2.24, 2.45) is 5.92 Å². The number of hydrogen-bond acceptors (Lipinski definition) is 4. The fourth-order valence-electron chi connectivity index (χ4n) is 3.45. The second-order valence-corrected chi connectivity index (χ2v) is 7.08. The van der Waals surface area contributed by atoms with Crippen molar-refractivity contribution in [1.82, 2.24) is 15.0 Å². The maximum atomic E-state index is 12.8. The lowest BCUT2D eigenvalue weighted by Crippen LogP contribution is -2.36. The summed E-state index contributed by atoms with van der Waals surface area (Å²) in [6.45, 7) is 4.04. The summed E-state index contributed by atoms with van der Waals surface area (Å²) in [7, 11) is 0. The van der Waals surface area contributed by atoms with E-state index < -0.39 is 0 Å². The van der Waals surface area contributed by atoms with Gasteiger partial charge >= 0.3 is 0 Å². The van der Waals surface area contributed by atoms with Crippen molar-refractivity contribution >= 4 is 28.6 Å². The molecule has 6 heteroatoms. The predicted octanol–water partition coefficient (Wildman–Crippen LogP) is 3.87. The van der Waals surface area contributed by atoms with Crippen LogP contribution in [0.2, 0.25) is 5.02 Å². The van der Waals surface area contributed by atoms with Crippen LogP contribution < -0.4 is 10.5 Å². The summed E-state index contributed by atoms with van der Waals surface area (Å²) in [5, 5.41) is 1.18. The number of hydrogen-bond donors (Lipinski definition) is 1. The number of anilines is 1. The van der Waals surface area contributed by atoms with Gasteiger partial charge in [-0.25, -0.2) is 4.98 Å². The summed E-state index contributed by atoms with van der Waals surface area (Å²) in [5.41, 5.74) is 2.05. The molecule has 5 nitrogen and oxygen atoms in total. The normalized spacial score (nSPS) is 17.8. The number of H-pyrrole nitrogens is 1. The zero-order valence-electron chi connectivity index (χ0n) is 14.0. The largest absolute Gasteiger partial charge is 0.342 e. The molecule has 3 aromatic rings. The molecule has 0 radical (unpaired) electrons. The van der Waals surface area contributed by atoms with Gasteiger partial charge in [0.15, 0.2) is 5.65 Å². The predicted molar refractivity (Wildman–Crippen MR) is 101 cm³/mol. The molecular formula is C19H19ClN4O. The third-order valence-corrected chi connectivity index (χ3v) is 4.96. The van der Waals surface area contributed by atoms with Crippen molar-refractivity contribution in [2.75, 3.05) is 18.0 Å². The molecule has 1 aromatic carbocycles. The first kappa shape index (κ1) is 16.1. The van der Waals surface area contributed by atoms with Crippen LogP contribution in [0.4, 0.5) is 5.95 Å². The number of nitrogens with zero attached hydrogens (tertiary/aromatic N) is 3.